The Morgan fingerprint density at radius 3 is 0.977 bits per heavy atom. The number of aliphatic hydroxyl groups is 3. The molecule has 45 heteroatoms. The van der Waals surface area contributed by atoms with Crippen LogP contribution in [0.3, 0.4) is 0 Å². The van der Waals surface area contributed by atoms with E-state index in [4.69, 9.17) is 28.3 Å². The number of hydrogen-bond donors (Lipinski definition) is 26. The molecule has 45 nitrogen and oxygen atoms in total. The number of hydrogen-bond acceptors (Lipinski definition) is 24. The molecule has 30 N–H and O–H groups in total. The number of nitrogens with one attached hydrogen (secondary N) is 18. The second-order valence-corrected chi connectivity index (χ2v) is 31.0. The van der Waals surface area contributed by atoms with Crippen LogP contribution in [0.25, 0.3) is 0 Å². The average molecular weight is 1810 g/mol. The maximum Gasteiger partial charge on any atom is 0.325 e. The zero-order chi connectivity index (χ0) is 96.3. The van der Waals surface area contributed by atoms with Crippen LogP contribution in [-0.4, -0.2) is 268 Å². The number of carboxylic acid groups (broad SMARTS) is 1. The summed E-state index contributed by atoms with van der Waals surface area (Å²) < 4.78 is 0. The number of aliphatic carboxylic acids is 1. The monoisotopic (exact) mass is 1800 g/mol. The maximum atomic E-state index is 14.9. The summed E-state index contributed by atoms with van der Waals surface area (Å²) in [6, 6.07) is 7.18. The third kappa shape index (κ3) is 38.7. The molecule has 0 heterocycles. The summed E-state index contributed by atoms with van der Waals surface area (Å²) >= 11 is 0. The number of carbonyl (C=O) groups is 19. The second-order valence-electron chi connectivity index (χ2n) is 31.0. The Bertz CT molecular complexity index is 4520. The van der Waals surface area contributed by atoms with Crippen LogP contribution in [0.2, 0.25) is 0 Å². The zero-order valence-electron chi connectivity index (χ0n) is 72.7. The number of carbonyl (C=O) groups excluding carboxylic acids is 18. The lowest BCUT2D eigenvalue weighted by atomic mass is 10.0. The van der Waals surface area contributed by atoms with Crippen LogP contribution in [0, 0.1) is 11.3 Å². The van der Waals surface area contributed by atoms with E-state index in [1.807, 2.05) is 0 Å². The van der Waals surface area contributed by atoms with Crippen molar-refractivity contribution in [3.8, 4) is 0 Å². The van der Waals surface area contributed by atoms with E-state index in [2.05, 4.69) is 90.4 Å². The average Bonchev–Trinajstić information content (AvgIpc) is 0.663. The summed E-state index contributed by atoms with van der Waals surface area (Å²) in [5, 5.41) is 89.3. The Hall–Kier alpha value is -14.1. The topological polar surface area (TPSA) is 738 Å². The van der Waals surface area contributed by atoms with Crippen LogP contribution in [0.1, 0.15) is 116 Å². The van der Waals surface area contributed by atoms with Gasteiger partial charge in [0.05, 0.1) is 32.3 Å². The van der Waals surface area contributed by atoms with Gasteiger partial charge in [-0.25, -0.2) is 0 Å². The van der Waals surface area contributed by atoms with Crippen molar-refractivity contribution in [3.05, 3.63) is 144 Å². The molecule has 0 spiro atoms. The molecule has 4 aromatic rings. The number of aliphatic hydroxyl groups excluding tert-OH is 3. The minimum absolute atomic E-state index is 0.0227. The molecule has 4 rings (SSSR count). The van der Waals surface area contributed by atoms with Gasteiger partial charge in [-0.3, -0.25) is 96.5 Å². The minimum atomic E-state index is -1.87. The van der Waals surface area contributed by atoms with Crippen molar-refractivity contribution in [2.24, 2.45) is 28.9 Å². The molecule has 0 aromatic heterocycles. The largest absolute Gasteiger partial charge is 0.480 e. The highest BCUT2D eigenvalue weighted by Gasteiger charge is 2.39. The zero-order valence-corrected chi connectivity index (χ0v) is 72.7. The van der Waals surface area contributed by atoms with Gasteiger partial charge in [-0.05, 0) is 95.4 Å². The molecule has 0 fully saturated rings. The smallest absolute Gasteiger partial charge is 0.325 e. The molecule has 0 aliphatic carbocycles. The molecular formula is C84H120N22O23. The summed E-state index contributed by atoms with van der Waals surface area (Å²) in [5.74, 6) is -20.5. The van der Waals surface area contributed by atoms with Gasteiger partial charge >= 0.3 is 5.97 Å². The van der Waals surface area contributed by atoms with Crippen molar-refractivity contribution >= 4 is 118 Å². The summed E-state index contributed by atoms with van der Waals surface area (Å²) in [6.45, 7) is 8.05. The van der Waals surface area contributed by atoms with Crippen LogP contribution in [0.5, 0.6) is 0 Å². The third-order valence-electron chi connectivity index (χ3n) is 19.6. The highest BCUT2D eigenvalue weighted by molar-refractivity contribution is 6.02. The van der Waals surface area contributed by atoms with Crippen LogP contribution in [0.15, 0.2) is 121 Å². The second kappa shape index (κ2) is 54.7. The lowest BCUT2D eigenvalue weighted by Crippen LogP contribution is -2.61. The highest BCUT2D eigenvalue weighted by Crippen LogP contribution is 2.15. The van der Waals surface area contributed by atoms with E-state index in [1.165, 1.54) is 20.8 Å². The van der Waals surface area contributed by atoms with Gasteiger partial charge in [-0.15, -0.1) is 0 Å². The first kappa shape index (κ1) is 107. The van der Waals surface area contributed by atoms with Gasteiger partial charge in [0.1, 0.15) is 96.7 Å². The standard InChI is InChI=1S/C84H120N22O23/c1-43(2)34-56(102-81(126)62(41-107)96-66(112)40-85)75(120)105-63(42-108)80(125)94-47(6)71(116)99-57(35-50-22-13-9-14-23-50)77(122)103-59(37-52-26-17-11-18-27-52)76(121)97-54(30-21-33-90-84(88)89)72(117)92-46(5)70(115)100-58(36-51-24-15-10-16-25-51)78(123)104-61(39-65(87)111)74(119)93-44(3)68(113)91-45(4)69(114)101-60(38-53-28-19-12-20-29-53)79(124)106-67(49(8)109)82(127)98-55(31-32-64(86)110)73(118)95-48(7)83(128)129/h9-20,22-29,43-49,54-63,67,107-109H,21,30-42,85H2,1-8H3,(H2,86,110)(H2,87,111)(H,91,113)(H,92,117)(H,93,119)(H,94,125)(H,95,118)(H,96,112)(H,97,121)(H,98,127)(H,99,116)(H,100,115)(H,101,114)(H,102,126)(H,103,122)(H,104,123)(H,105,120)(H,106,124)(H,128,129)(H4,88,89,90)/t44-,45-,46-,47-,48-,49+,54-,55-,56-,57-,58-,59-,60-,61-,62-,63-,67-/m0/s1. The number of guanidine groups is 1. The molecule has 0 aliphatic rings. The van der Waals surface area contributed by atoms with E-state index in [1.54, 1.807) is 135 Å². The summed E-state index contributed by atoms with van der Waals surface area (Å²) in [5.41, 5.74) is 23.6. The maximum absolute atomic E-state index is 14.9. The summed E-state index contributed by atoms with van der Waals surface area (Å²) in [6.07, 6.45) is -4.75. The van der Waals surface area contributed by atoms with Gasteiger partial charge in [0.25, 0.3) is 0 Å². The number of carboxylic acids is 1. The fourth-order valence-electron chi connectivity index (χ4n) is 12.4. The predicted octanol–water partition coefficient (Wildman–Crippen LogP) is -8.33. The lowest BCUT2D eigenvalue weighted by molar-refractivity contribution is -0.142. The quantitative estimate of drug-likeness (QED) is 0.0111. The van der Waals surface area contributed by atoms with Gasteiger partial charge < -0.3 is 134 Å². The van der Waals surface area contributed by atoms with Crippen LogP contribution in [0.4, 0.5) is 0 Å². The van der Waals surface area contributed by atoms with Crippen LogP contribution < -0.4 is 113 Å². The van der Waals surface area contributed by atoms with E-state index < -0.39 is 260 Å². The molecule has 0 saturated carbocycles. The van der Waals surface area contributed by atoms with E-state index in [-0.39, 0.29) is 57.4 Å². The molecular weight excluding hydrogens is 1690 g/mol. The van der Waals surface area contributed by atoms with E-state index >= 15 is 0 Å². The Morgan fingerprint density at radius 1 is 0.333 bits per heavy atom. The van der Waals surface area contributed by atoms with Gasteiger partial charge in [0.15, 0.2) is 5.96 Å². The fraction of sp³-hybridized carbons (Fsp3) is 0.476. The molecule has 0 radical (unpaired) electrons. The number of nitrogens with two attached hydrogens (primary N) is 4. The first-order chi connectivity index (χ1) is 60.9. The first-order valence-corrected chi connectivity index (χ1v) is 41.4. The van der Waals surface area contributed by atoms with Crippen molar-refractivity contribution in [2.45, 2.75) is 222 Å². The van der Waals surface area contributed by atoms with Crippen molar-refractivity contribution in [2.75, 3.05) is 26.3 Å². The molecule has 18 amide bonds. The predicted molar refractivity (Wildman–Crippen MR) is 463 cm³/mol. The van der Waals surface area contributed by atoms with Crippen molar-refractivity contribution in [3.63, 3.8) is 0 Å². The molecule has 129 heavy (non-hydrogen) atoms. The van der Waals surface area contributed by atoms with Crippen LogP contribution in [-0.2, 0) is 117 Å². The van der Waals surface area contributed by atoms with Crippen molar-refractivity contribution in [1.82, 2.24) is 90.4 Å². The minimum Gasteiger partial charge on any atom is -0.480 e. The Morgan fingerprint density at radius 2 is 0.620 bits per heavy atom. The molecule has 704 valence electrons. The van der Waals surface area contributed by atoms with Gasteiger partial charge in [-0.1, -0.05) is 135 Å². The SMILES string of the molecule is CC(C)C[C@H](NC(=O)[C@H](CO)NC(=O)CN)C(=O)N[C@@H](CO)C(=O)N[C@@H](C)C(=O)N[C@@H](Cc1ccccc1)C(=O)N[C@@H](Cc1ccccc1)C(=O)N[C@@H](CCCNC(=N)N)C(=O)N[C@@H](C)C(=O)N[C@@H](Cc1ccccc1)C(=O)N[C@@H](CC(N)=O)C(=O)N[C@@H](C)C(=O)N[C@@H](C)C(=O)N[C@@H](Cc1ccccc1)C(=O)N[C@H](C(=O)N[C@@H](CCC(N)=O)C(=O)N[C@@H](C)C(=O)O)[C@@H](C)O. The third-order valence-corrected chi connectivity index (χ3v) is 19.6. The first-order valence-electron chi connectivity index (χ1n) is 41.4. The Kier molecular flexibility index (Phi) is 45.5. The van der Waals surface area contributed by atoms with Gasteiger partial charge in [-0.2, -0.15) is 0 Å². The molecule has 0 aliphatic heterocycles. The van der Waals surface area contributed by atoms with Gasteiger partial charge in [0.2, 0.25) is 106 Å². The lowest BCUT2D eigenvalue weighted by Gasteiger charge is -2.28. The van der Waals surface area contributed by atoms with Crippen LogP contribution >= 0.6 is 0 Å². The van der Waals surface area contributed by atoms with Gasteiger partial charge in [0, 0.05) is 38.6 Å². The summed E-state index contributed by atoms with van der Waals surface area (Å²) in [7, 11) is 0. The molecule has 0 bridgehead atoms. The summed E-state index contributed by atoms with van der Waals surface area (Å²) in [4.78, 5) is 259. The molecule has 4 aromatic carbocycles. The molecule has 0 saturated heterocycles. The van der Waals surface area contributed by atoms with E-state index in [0.29, 0.717) is 22.3 Å². The van der Waals surface area contributed by atoms with E-state index in [9.17, 15) is 112 Å². The number of primary amides is 2. The fourth-order valence-corrected chi connectivity index (χ4v) is 12.4. The Balaban J connectivity index is 1.56. The normalized spacial score (nSPS) is 14.9. The highest BCUT2D eigenvalue weighted by atomic mass is 16.4. The van der Waals surface area contributed by atoms with E-state index in [0.717, 1.165) is 20.8 Å². The van der Waals surface area contributed by atoms with Crippen molar-refractivity contribution in [1.29, 1.82) is 5.41 Å². The number of amides is 18. The Labute approximate surface area is 743 Å². The van der Waals surface area contributed by atoms with Crippen molar-refractivity contribution < 1.29 is 112 Å². The molecule has 0 unspecified atom stereocenters. The molecule has 17 atom stereocenters. The number of benzene rings is 4. The number of rotatable bonds is 55.